The average Bonchev–Trinajstić information content (AvgIpc) is 3.43. The van der Waals surface area contributed by atoms with Crippen LogP contribution in [-0.2, 0) is 6.54 Å². The monoisotopic (exact) mass is 392 g/mol. The van der Waals surface area contributed by atoms with Gasteiger partial charge in [0.05, 0.1) is 17.9 Å². The van der Waals surface area contributed by atoms with Crippen molar-refractivity contribution in [2.75, 3.05) is 0 Å². The molecule has 0 amide bonds. The van der Waals surface area contributed by atoms with E-state index in [1.54, 1.807) is 4.80 Å². The van der Waals surface area contributed by atoms with Gasteiger partial charge in [0.1, 0.15) is 0 Å². The molecule has 30 heavy (non-hydrogen) atoms. The summed E-state index contributed by atoms with van der Waals surface area (Å²) in [5.41, 5.74) is 6.12. The number of rotatable bonds is 5. The quantitative estimate of drug-likeness (QED) is 0.440. The number of aromatic nitrogens is 6. The lowest BCUT2D eigenvalue weighted by Gasteiger charge is -2.02. The molecule has 0 saturated carbocycles. The first kappa shape index (κ1) is 18.0. The van der Waals surface area contributed by atoms with Gasteiger partial charge in [-0.3, -0.25) is 0 Å². The van der Waals surface area contributed by atoms with E-state index in [1.807, 2.05) is 90.6 Å². The first-order valence-electron chi connectivity index (χ1n) is 9.81. The number of tetrazole rings is 1. The molecule has 0 radical (unpaired) electrons. The molecule has 0 saturated heterocycles. The third-order valence-electron chi connectivity index (χ3n) is 5.01. The second kappa shape index (κ2) is 7.75. The van der Waals surface area contributed by atoms with E-state index in [0.717, 1.165) is 33.6 Å². The van der Waals surface area contributed by atoms with Crippen LogP contribution in [0.4, 0.5) is 0 Å². The van der Waals surface area contributed by atoms with E-state index in [4.69, 9.17) is 5.10 Å². The summed E-state index contributed by atoms with van der Waals surface area (Å²) in [6.45, 7) is 2.53. The summed E-state index contributed by atoms with van der Waals surface area (Å²) in [7, 11) is 0. The van der Waals surface area contributed by atoms with E-state index >= 15 is 0 Å². The first-order chi connectivity index (χ1) is 14.8. The van der Waals surface area contributed by atoms with Crippen LogP contribution in [0.5, 0.6) is 0 Å². The molecule has 5 aromatic rings. The number of nitrogens with zero attached hydrogens (tertiary/aromatic N) is 6. The van der Waals surface area contributed by atoms with Crippen LogP contribution in [0.3, 0.4) is 0 Å². The van der Waals surface area contributed by atoms with E-state index in [9.17, 15) is 0 Å². The van der Waals surface area contributed by atoms with Gasteiger partial charge < -0.3 is 0 Å². The zero-order chi connectivity index (χ0) is 20.3. The Hall–Kier alpha value is -4.06. The van der Waals surface area contributed by atoms with Crippen LogP contribution in [-0.4, -0.2) is 30.0 Å². The highest BCUT2D eigenvalue weighted by Crippen LogP contribution is 2.24. The molecular formula is C24H20N6. The predicted molar refractivity (Wildman–Crippen MR) is 116 cm³/mol. The molecule has 0 aliphatic rings. The fourth-order valence-corrected chi connectivity index (χ4v) is 3.47. The molecule has 0 aliphatic carbocycles. The van der Waals surface area contributed by atoms with Crippen LogP contribution in [0, 0.1) is 6.92 Å². The zero-order valence-corrected chi connectivity index (χ0v) is 16.6. The Balaban J connectivity index is 1.53. The van der Waals surface area contributed by atoms with Crippen LogP contribution in [0.25, 0.3) is 28.3 Å². The Kier molecular flexibility index (Phi) is 4.65. The Morgan fingerprint density at radius 1 is 0.767 bits per heavy atom. The fourth-order valence-electron chi connectivity index (χ4n) is 3.47. The van der Waals surface area contributed by atoms with Crippen molar-refractivity contribution in [3.8, 4) is 28.3 Å². The smallest absolute Gasteiger partial charge is 0.205 e. The van der Waals surface area contributed by atoms with Gasteiger partial charge in [0.2, 0.25) is 5.82 Å². The number of hydrogen-bond donors (Lipinski definition) is 0. The maximum atomic E-state index is 4.85. The highest BCUT2D eigenvalue weighted by Gasteiger charge is 2.15. The molecule has 0 fully saturated rings. The van der Waals surface area contributed by atoms with E-state index in [-0.39, 0.29) is 0 Å². The van der Waals surface area contributed by atoms with Gasteiger partial charge in [0.15, 0.2) is 0 Å². The SMILES string of the molecule is Cc1ccccc1-c1nnn(Cc2cn(-c3ccccc3)nc2-c2ccccc2)n1. The Morgan fingerprint density at radius 3 is 2.23 bits per heavy atom. The summed E-state index contributed by atoms with van der Waals surface area (Å²) in [6.07, 6.45) is 2.04. The molecule has 6 nitrogen and oxygen atoms in total. The highest BCUT2D eigenvalue weighted by molar-refractivity contribution is 5.63. The summed E-state index contributed by atoms with van der Waals surface area (Å²) in [4.78, 5) is 1.63. The summed E-state index contributed by atoms with van der Waals surface area (Å²) in [5.74, 6) is 0.629. The zero-order valence-electron chi connectivity index (χ0n) is 16.6. The van der Waals surface area contributed by atoms with E-state index < -0.39 is 0 Å². The second-order valence-corrected chi connectivity index (χ2v) is 7.11. The van der Waals surface area contributed by atoms with E-state index in [0.29, 0.717) is 12.4 Å². The third kappa shape index (κ3) is 3.51. The minimum Gasteiger partial charge on any atom is -0.240 e. The molecule has 0 atom stereocenters. The lowest BCUT2D eigenvalue weighted by molar-refractivity contribution is 0.573. The highest BCUT2D eigenvalue weighted by atomic mass is 15.6. The first-order valence-corrected chi connectivity index (χ1v) is 9.81. The van der Waals surface area contributed by atoms with Gasteiger partial charge in [-0.05, 0) is 29.8 Å². The molecule has 0 aliphatic heterocycles. The third-order valence-corrected chi connectivity index (χ3v) is 5.01. The maximum Gasteiger partial charge on any atom is 0.205 e. The van der Waals surface area contributed by atoms with Crippen molar-refractivity contribution in [1.29, 1.82) is 0 Å². The van der Waals surface area contributed by atoms with Crippen molar-refractivity contribution < 1.29 is 0 Å². The Morgan fingerprint density at radius 2 is 1.47 bits per heavy atom. The van der Waals surface area contributed by atoms with Gasteiger partial charge in [-0.2, -0.15) is 9.90 Å². The van der Waals surface area contributed by atoms with Crippen molar-refractivity contribution in [3.05, 3.63) is 102 Å². The van der Waals surface area contributed by atoms with Crippen LogP contribution < -0.4 is 0 Å². The Labute approximate surface area is 174 Å². The number of hydrogen-bond acceptors (Lipinski definition) is 4. The number of aryl methyl sites for hydroxylation is 1. The summed E-state index contributed by atoms with van der Waals surface area (Å²) in [5, 5.41) is 18.0. The standard InChI is InChI=1S/C24H20N6/c1-18-10-8-9-15-22(18)24-25-28-30(27-24)17-20-16-29(21-13-6-3-7-14-21)26-23(20)19-11-4-2-5-12-19/h2-16H,17H2,1H3. The van der Waals surface area contributed by atoms with E-state index in [1.165, 1.54) is 0 Å². The molecule has 0 spiro atoms. The van der Waals surface area contributed by atoms with Crippen LogP contribution >= 0.6 is 0 Å². The van der Waals surface area contributed by atoms with Crippen molar-refractivity contribution in [3.63, 3.8) is 0 Å². The average molecular weight is 392 g/mol. The van der Waals surface area contributed by atoms with Crippen LogP contribution in [0.2, 0.25) is 0 Å². The molecular weight excluding hydrogens is 372 g/mol. The van der Waals surface area contributed by atoms with Crippen molar-refractivity contribution in [2.45, 2.75) is 13.5 Å². The minimum atomic E-state index is 0.482. The molecule has 5 rings (SSSR count). The fraction of sp³-hybridized carbons (Fsp3) is 0.0833. The summed E-state index contributed by atoms with van der Waals surface area (Å²) < 4.78 is 1.90. The van der Waals surface area contributed by atoms with E-state index in [2.05, 4.69) is 27.5 Å². The normalized spacial score (nSPS) is 11.0. The van der Waals surface area contributed by atoms with Crippen LogP contribution in [0.15, 0.2) is 91.1 Å². The van der Waals surface area contributed by atoms with Gasteiger partial charge in [0.25, 0.3) is 0 Å². The van der Waals surface area contributed by atoms with Crippen molar-refractivity contribution in [1.82, 2.24) is 30.0 Å². The molecule has 0 unspecified atom stereocenters. The van der Waals surface area contributed by atoms with Gasteiger partial charge in [0, 0.05) is 22.9 Å². The minimum absolute atomic E-state index is 0.482. The maximum absolute atomic E-state index is 4.85. The predicted octanol–water partition coefficient (Wildman–Crippen LogP) is 4.55. The molecule has 0 N–H and O–H groups in total. The molecule has 0 bridgehead atoms. The molecule has 6 heteroatoms. The second-order valence-electron chi connectivity index (χ2n) is 7.11. The summed E-state index contributed by atoms with van der Waals surface area (Å²) in [6, 6.07) is 28.3. The summed E-state index contributed by atoms with van der Waals surface area (Å²) >= 11 is 0. The van der Waals surface area contributed by atoms with Crippen LogP contribution in [0.1, 0.15) is 11.1 Å². The largest absolute Gasteiger partial charge is 0.240 e. The lowest BCUT2D eigenvalue weighted by Crippen LogP contribution is -2.04. The number of para-hydroxylation sites is 1. The molecule has 2 aromatic heterocycles. The topological polar surface area (TPSA) is 61.4 Å². The van der Waals surface area contributed by atoms with Gasteiger partial charge in [-0.1, -0.05) is 72.8 Å². The molecule has 146 valence electrons. The molecule has 3 aromatic carbocycles. The Bertz CT molecular complexity index is 1270. The lowest BCUT2D eigenvalue weighted by atomic mass is 10.1. The van der Waals surface area contributed by atoms with Gasteiger partial charge in [-0.15, -0.1) is 10.2 Å². The van der Waals surface area contributed by atoms with Crippen molar-refractivity contribution in [2.24, 2.45) is 0 Å². The van der Waals surface area contributed by atoms with Gasteiger partial charge in [-0.25, -0.2) is 4.68 Å². The van der Waals surface area contributed by atoms with Gasteiger partial charge >= 0.3 is 0 Å². The number of benzene rings is 3. The van der Waals surface area contributed by atoms with Crippen molar-refractivity contribution >= 4 is 0 Å². The molecule has 2 heterocycles.